The number of nitrogens with zero attached hydrogens (tertiary/aromatic N) is 2. The van der Waals surface area contributed by atoms with Crippen molar-refractivity contribution in [2.24, 2.45) is 5.92 Å². The summed E-state index contributed by atoms with van der Waals surface area (Å²) in [7, 11) is 0. The summed E-state index contributed by atoms with van der Waals surface area (Å²) in [5, 5.41) is 13.6. The first-order valence-electron chi connectivity index (χ1n) is 9.21. The maximum absolute atomic E-state index is 12.4. The standard InChI is InChI=1S/C19H28ClN3O2/c1-14(24)16-6-11-23(13-16)19(25)21-18-7-9-22(10-8-18)12-15-2-4-17(20)5-3-15/h2-5,14,16,18,24H,6-13H2,1H3,(H,21,25). The molecule has 0 saturated carbocycles. The Bertz CT molecular complexity index is 571. The van der Waals surface area contributed by atoms with Gasteiger partial charge in [-0.3, -0.25) is 4.90 Å². The van der Waals surface area contributed by atoms with Crippen LogP contribution >= 0.6 is 11.6 Å². The van der Waals surface area contributed by atoms with Gasteiger partial charge in [-0.15, -0.1) is 0 Å². The Balaban J connectivity index is 1.40. The Hall–Kier alpha value is -1.30. The van der Waals surface area contributed by atoms with Crippen LogP contribution in [0.1, 0.15) is 31.7 Å². The normalized spacial score (nSPS) is 23.6. The number of aliphatic hydroxyl groups excluding tert-OH is 1. The SMILES string of the molecule is CC(O)C1CCN(C(=O)NC2CCN(Cc3ccc(Cl)cc3)CC2)C1. The topological polar surface area (TPSA) is 55.8 Å². The van der Waals surface area contributed by atoms with Gasteiger partial charge in [-0.05, 0) is 43.9 Å². The van der Waals surface area contributed by atoms with Gasteiger partial charge in [-0.2, -0.15) is 0 Å². The third-order valence-electron chi connectivity index (χ3n) is 5.43. The van der Waals surface area contributed by atoms with E-state index in [1.54, 1.807) is 0 Å². The molecule has 138 valence electrons. The van der Waals surface area contributed by atoms with E-state index in [1.807, 2.05) is 24.0 Å². The highest BCUT2D eigenvalue weighted by Crippen LogP contribution is 2.20. The fraction of sp³-hybridized carbons (Fsp3) is 0.632. The first-order valence-corrected chi connectivity index (χ1v) is 9.59. The van der Waals surface area contributed by atoms with E-state index in [-0.39, 0.29) is 24.1 Å². The number of hydrogen-bond donors (Lipinski definition) is 2. The van der Waals surface area contributed by atoms with Gasteiger partial charge in [0.15, 0.2) is 0 Å². The number of piperidine rings is 1. The molecule has 25 heavy (non-hydrogen) atoms. The zero-order chi connectivity index (χ0) is 17.8. The third-order valence-corrected chi connectivity index (χ3v) is 5.68. The molecule has 1 aromatic carbocycles. The molecule has 0 aromatic heterocycles. The van der Waals surface area contributed by atoms with Crippen molar-refractivity contribution in [1.29, 1.82) is 0 Å². The Morgan fingerprint density at radius 3 is 2.52 bits per heavy atom. The van der Waals surface area contributed by atoms with Crippen LogP contribution in [0, 0.1) is 5.92 Å². The second-order valence-corrected chi connectivity index (χ2v) is 7.80. The van der Waals surface area contributed by atoms with Crippen molar-refractivity contribution in [3.63, 3.8) is 0 Å². The minimum absolute atomic E-state index is 0.0271. The summed E-state index contributed by atoms with van der Waals surface area (Å²) in [6.45, 7) is 6.13. The molecule has 2 aliphatic rings. The van der Waals surface area contributed by atoms with Gasteiger partial charge >= 0.3 is 6.03 Å². The molecular weight excluding hydrogens is 338 g/mol. The number of urea groups is 1. The fourth-order valence-electron chi connectivity index (χ4n) is 3.71. The molecule has 0 radical (unpaired) electrons. The highest BCUT2D eigenvalue weighted by atomic mass is 35.5. The van der Waals surface area contributed by atoms with Crippen molar-refractivity contribution in [2.45, 2.75) is 44.9 Å². The van der Waals surface area contributed by atoms with Gasteiger partial charge in [0.2, 0.25) is 0 Å². The molecule has 2 atom stereocenters. The lowest BCUT2D eigenvalue weighted by molar-refractivity contribution is 0.128. The Morgan fingerprint density at radius 1 is 1.24 bits per heavy atom. The Morgan fingerprint density at radius 2 is 1.92 bits per heavy atom. The fourth-order valence-corrected chi connectivity index (χ4v) is 3.84. The molecule has 2 unspecified atom stereocenters. The molecule has 5 nitrogen and oxygen atoms in total. The van der Waals surface area contributed by atoms with Crippen molar-refractivity contribution in [3.8, 4) is 0 Å². The zero-order valence-electron chi connectivity index (χ0n) is 14.8. The van der Waals surface area contributed by atoms with E-state index in [4.69, 9.17) is 11.6 Å². The van der Waals surface area contributed by atoms with Gasteiger partial charge in [-0.1, -0.05) is 23.7 Å². The van der Waals surface area contributed by atoms with Crippen LogP contribution in [0.15, 0.2) is 24.3 Å². The maximum Gasteiger partial charge on any atom is 0.317 e. The summed E-state index contributed by atoms with van der Waals surface area (Å²) in [5.74, 6) is 0.215. The number of aliphatic hydroxyl groups is 1. The minimum atomic E-state index is -0.339. The van der Waals surface area contributed by atoms with E-state index in [0.717, 1.165) is 50.5 Å². The zero-order valence-corrected chi connectivity index (χ0v) is 15.6. The van der Waals surface area contributed by atoms with Gasteiger partial charge < -0.3 is 15.3 Å². The number of carbonyl (C=O) groups is 1. The predicted octanol–water partition coefficient (Wildman–Crippen LogP) is 2.72. The first kappa shape index (κ1) is 18.5. The average Bonchev–Trinajstić information content (AvgIpc) is 3.09. The molecule has 2 saturated heterocycles. The van der Waals surface area contributed by atoms with Crippen LogP contribution in [-0.4, -0.2) is 59.3 Å². The number of hydrogen-bond acceptors (Lipinski definition) is 3. The number of amides is 2. The number of rotatable bonds is 4. The summed E-state index contributed by atoms with van der Waals surface area (Å²) in [6.07, 6.45) is 2.51. The highest BCUT2D eigenvalue weighted by molar-refractivity contribution is 6.30. The Labute approximate surface area is 154 Å². The van der Waals surface area contributed by atoms with Crippen molar-refractivity contribution in [2.75, 3.05) is 26.2 Å². The van der Waals surface area contributed by atoms with E-state index >= 15 is 0 Å². The van der Waals surface area contributed by atoms with Crippen LogP contribution in [0.2, 0.25) is 5.02 Å². The summed E-state index contributed by atoms with van der Waals surface area (Å²) in [4.78, 5) is 16.7. The monoisotopic (exact) mass is 365 g/mol. The molecule has 2 N–H and O–H groups in total. The van der Waals surface area contributed by atoms with Crippen LogP contribution in [0.25, 0.3) is 0 Å². The largest absolute Gasteiger partial charge is 0.393 e. The predicted molar refractivity (Wildman–Crippen MR) is 99.6 cm³/mol. The number of halogens is 1. The van der Waals surface area contributed by atoms with E-state index in [9.17, 15) is 9.90 Å². The van der Waals surface area contributed by atoms with Crippen LogP contribution < -0.4 is 5.32 Å². The molecule has 2 heterocycles. The summed E-state index contributed by atoms with van der Waals surface area (Å²) >= 11 is 5.93. The minimum Gasteiger partial charge on any atom is -0.393 e. The maximum atomic E-state index is 12.4. The van der Waals surface area contributed by atoms with E-state index in [0.29, 0.717) is 6.54 Å². The van der Waals surface area contributed by atoms with Crippen molar-refractivity contribution >= 4 is 17.6 Å². The molecule has 0 aliphatic carbocycles. The smallest absolute Gasteiger partial charge is 0.317 e. The van der Waals surface area contributed by atoms with E-state index in [1.165, 1.54) is 5.56 Å². The lowest BCUT2D eigenvalue weighted by Gasteiger charge is -2.33. The number of nitrogens with one attached hydrogen (secondary N) is 1. The van der Waals surface area contributed by atoms with Crippen molar-refractivity contribution < 1.29 is 9.90 Å². The second kappa shape index (κ2) is 8.39. The first-order chi connectivity index (χ1) is 12.0. The van der Waals surface area contributed by atoms with Gasteiger partial charge in [0.05, 0.1) is 6.10 Å². The quantitative estimate of drug-likeness (QED) is 0.862. The van der Waals surface area contributed by atoms with E-state index in [2.05, 4.69) is 22.3 Å². The molecule has 2 aliphatic heterocycles. The Kier molecular flexibility index (Phi) is 6.20. The van der Waals surface area contributed by atoms with Crippen LogP contribution in [0.3, 0.4) is 0 Å². The second-order valence-electron chi connectivity index (χ2n) is 7.36. The lowest BCUT2D eigenvalue weighted by atomic mass is 10.0. The average molecular weight is 366 g/mol. The van der Waals surface area contributed by atoms with Crippen LogP contribution in [-0.2, 0) is 6.54 Å². The molecule has 3 rings (SSSR count). The highest BCUT2D eigenvalue weighted by Gasteiger charge is 2.30. The summed E-state index contributed by atoms with van der Waals surface area (Å²) in [6, 6.07) is 8.28. The molecular formula is C19H28ClN3O2. The van der Waals surface area contributed by atoms with Gasteiger partial charge in [0.25, 0.3) is 0 Å². The number of likely N-dealkylation sites (tertiary alicyclic amines) is 2. The number of benzene rings is 1. The molecule has 1 aromatic rings. The summed E-state index contributed by atoms with van der Waals surface area (Å²) in [5.41, 5.74) is 1.27. The summed E-state index contributed by atoms with van der Waals surface area (Å²) < 4.78 is 0. The molecule has 0 bridgehead atoms. The number of carbonyl (C=O) groups excluding carboxylic acids is 1. The van der Waals surface area contributed by atoms with Gasteiger partial charge in [0, 0.05) is 49.7 Å². The lowest BCUT2D eigenvalue weighted by Crippen LogP contribution is -2.48. The van der Waals surface area contributed by atoms with Crippen LogP contribution in [0.4, 0.5) is 4.79 Å². The van der Waals surface area contributed by atoms with E-state index < -0.39 is 0 Å². The van der Waals surface area contributed by atoms with Crippen molar-refractivity contribution in [3.05, 3.63) is 34.9 Å². The molecule has 6 heteroatoms. The van der Waals surface area contributed by atoms with Gasteiger partial charge in [-0.25, -0.2) is 4.79 Å². The molecule has 2 fully saturated rings. The van der Waals surface area contributed by atoms with Gasteiger partial charge in [0.1, 0.15) is 0 Å². The van der Waals surface area contributed by atoms with Crippen molar-refractivity contribution in [1.82, 2.24) is 15.1 Å². The third kappa shape index (κ3) is 5.09. The molecule has 0 spiro atoms. The van der Waals surface area contributed by atoms with Crippen LogP contribution in [0.5, 0.6) is 0 Å². The molecule has 2 amide bonds.